The van der Waals surface area contributed by atoms with Crippen LogP contribution in [0.25, 0.3) is 0 Å². The predicted molar refractivity (Wildman–Crippen MR) is 83.9 cm³/mol. The molecule has 0 spiro atoms. The third-order valence-corrected chi connectivity index (χ3v) is 4.71. The Morgan fingerprint density at radius 3 is 2.90 bits per heavy atom. The van der Waals surface area contributed by atoms with Gasteiger partial charge in [-0.15, -0.1) is 12.3 Å². The number of nitrogens with one attached hydrogen (secondary N) is 2. The number of para-hydroxylation sites is 1. The Balaban J connectivity index is 1.70. The first-order valence-corrected chi connectivity index (χ1v) is 7.50. The van der Waals surface area contributed by atoms with Gasteiger partial charge in [-0.05, 0) is 30.9 Å². The van der Waals surface area contributed by atoms with Crippen molar-refractivity contribution < 1.29 is 4.79 Å². The Morgan fingerprint density at radius 1 is 1.43 bits per heavy atom. The van der Waals surface area contributed by atoms with Crippen molar-refractivity contribution in [1.82, 2.24) is 10.2 Å². The molecular weight excluding hydrogens is 262 g/mol. The summed E-state index contributed by atoms with van der Waals surface area (Å²) in [5, 5.41) is 6.23. The van der Waals surface area contributed by atoms with Crippen molar-refractivity contribution >= 4 is 11.6 Å². The lowest BCUT2D eigenvalue weighted by molar-refractivity contribution is 0.00747. The van der Waals surface area contributed by atoms with Crippen molar-refractivity contribution in [2.45, 2.75) is 19.0 Å². The van der Waals surface area contributed by atoms with Gasteiger partial charge in [0, 0.05) is 31.7 Å². The zero-order chi connectivity index (χ0) is 14.8. The van der Waals surface area contributed by atoms with Crippen LogP contribution < -0.4 is 10.6 Å². The maximum atomic E-state index is 12.5. The monoisotopic (exact) mass is 283 g/mol. The molecule has 4 rings (SSSR count). The largest absolute Gasteiger partial charge is 0.387 e. The topological polar surface area (TPSA) is 44.4 Å². The number of fused-ring (bicyclic) bond motifs is 3. The third kappa shape index (κ3) is 2.62. The number of terminal acetylenes is 1. The summed E-state index contributed by atoms with van der Waals surface area (Å²) in [5.41, 5.74) is 1.55. The normalized spacial score (nSPS) is 30.5. The Kier molecular flexibility index (Phi) is 3.85. The van der Waals surface area contributed by atoms with Gasteiger partial charge in [-0.2, -0.15) is 0 Å². The fraction of sp³-hybridized carbons (Fsp3) is 0.471. The molecule has 3 fully saturated rings. The summed E-state index contributed by atoms with van der Waals surface area (Å²) in [4.78, 5) is 14.8. The van der Waals surface area contributed by atoms with Gasteiger partial charge in [-0.25, -0.2) is 0 Å². The molecule has 3 aliphatic heterocycles. The molecule has 1 amide bonds. The van der Waals surface area contributed by atoms with Crippen LogP contribution in [-0.2, 0) is 0 Å². The van der Waals surface area contributed by atoms with E-state index in [0.717, 1.165) is 31.6 Å². The zero-order valence-electron chi connectivity index (χ0n) is 12.3. The van der Waals surface area contributed by atoms with Crippen LogP contribution in [-0.4, -0.2) is 37.1 Å². The van der Waals surface area contributed by atoms with Gasteiger partial charge in [0.2, 0.25) is 0 Å². The molecule has 0 saturated carbocycles. The van der Waals surface area contributed by atoms with Crippen LogP contribution >= 0.6 is 0 Å². The molecule has 4 atom stereocenters. The van der Waals surface area contributed by atoms with Gasteiger partial charge in [0.15, 0.2) is 0 Å². The average molecular weight is 283 g/mol. The number of anilines is 1. The number of carbonyl (C=O) groups excluding carboxylic acids is 1. The second kappa shape index (κ2) is 5.79. The Bertz CT molecular complexity index is 578. The molecule has 1 aromatic carbocycles. The number of carbonyl (C=O) groups is 1. The maximum absolute atomic E-state index is 12.5. The van der Waals surface area contributed by atoms with Gasteiger partial charge in [0.05, 0.1) is 11.7 Å². The first-order chi connectivity index (χ1) is 10.2. The number of nitrogens with zero attached hydrogens (tertiary/aromatic N) is 1. The molecule has 4 nitrogen and oxygen atoms in total. The van der Waals surface area contributed by atoms with Gasteiger partial charge >= 0.3 is 0 Å². The minimum Gasteiger partial charge on any atom is -0.387 e. The van der Waals surface area contributed by atoms with Crippen molar-refractivity contribution in [2.24, 2.45) is 11.8 Å². The minimum absolute atomic E-state index is 0.0187. The Morgan fingerprint density at radius 2 is 2.24 bits per heavy atom. The predicted octanol–water partition coefficient (Wildman–Crippen LogP) is 1.76. The van der Waals surface area contributed by atoms with Crippen LogP contribution in [0.2, 0.25) is 0 Å². The van der Waals surface area contributed by atoms with Crippen molar-refractivity contribution in [3.8, 4) is 12.3 Å². The van der Waals surface area contributed by atoms with E-state index in [4.69, 9.17) is 6.42 Å². The Hall–Kier alpha value is -1.99. The summed E-state index contributed by atoms with van der Waals surface area (Å²) in [5.74, 6) is 3.77. The van der Waals surface area contributed by atoms with E-state index >= 15 is 0 Å². The molecule has 3 saturated heterocycles. The molecular formula is C17H21N3O. The van der Waals surface area contributed by atoms with Crippen molar-refractivity contribution in [2.75, 3.05) is 25.5 Å². The minimum atomic E-state index is -0.0187. The van der Waals surface area contributed by atoms with E-state index < -0.39 is 0 Å². The number of benzene rings is 1. The second-order valence-electron chi connectivity index (χ2n) is 5.84. The molecule has 3 heterocycles. The van der Waals surface area contributed by atoms with Crippen LogP contribution in [0.4, 0.5) is 5.69 Å². The van der Waals surface area contributed by atoms with Crippen LogP contribution in [0.5, 0.6) is 0 Å². The van der Waals surface area contributed by atoms with Crippen LogP contribution in [0.15, 0.2) is 24.3 Å². The highest BCUT2D eigenvalue weighted by molar-refractivity contribution is 5.99. The van der Waals surface area contributed by atoms with Crippen molar-refractivity contribution in [3.05, 3.63) is 29.8 Å². The molecule has 0 aliphatic carbocycles. The molecule has 1 unspecified atom stereocenters. The molecule has 1 aromatic rings. The highest BCUT2D eigenvalue weighted by atomic mass is 16.1. The average Bonchev–Trinajstić information content (AvgIpc) is 2.55. The molecule has 110 valence electrons. The number of hydrogen-bond donors (Lipinski definition) is 2. The van der Waals surface area contributed by atoms with Crippen LogP contribution in [0, 0.1) is 24.2 Å². The van der Waals surface area contributed by atoms with E-state index in [9.17, 15) is 4.79 Å². The summed E-state index contributed by atoms with van der Waals surface area (Å²) in [7, 11) is 1.83. The zero-order valence-corrected chi connectivity index (χ0v) is 12.3. The van der Waals surface area contributed by atoms with Crippen LogP contribution in [0.3, 0.4) is 0 Å². The van der Waals surface area contributed by atoms with Gasteiger partial charge in [0.1, 0.15) is 0 Å². The van der Waals surface area contributed by atoms with E-state index in [1.807, 2.05) is 31.3 Å². The van der Waals surface area contributed by atoms with Gasteiger partial charge in [-0.1, -0.05) is 12.1 Å². The smallest absolute Gasteiger partial charge is 0.254 e. The van der Waals surface area contributed by atoms with E-state index in [1.165, 1.54) is 0 Å². The number of hydrogen-bond acceptors (Lipinski definition) is 3. The van der Waals surface area contributed by atoms with E-state index in [1.54, 1.807) is 0 Å². The van der Waals surface area contributed by atoms with Gasteiger partial charge < -0.3 is 10.6 Å². The summed E-state index contributed by atoms with van der Waals surface area (Å²) in [6, 6.07) is 7.57. The van der Waals surface area contributed by atoms with Gasteiger partial charge in [0.25, 0.3) is 5.91 Å². The summed E-state index contributed by atoms with van der Waals surface area (Å²) in [6.07, 6.45) is 7.82. The Labute approximate surface area is 125 Å². The molecule has 2 N–H and O–H groups in total. The number of amides is 1. The quantitative estimate of drug-likeness (QED) is 0.831. The first-order valence-electron chi connectivity index (χ1n) is 7.50. The summed E-state index contributed by atoms with van der Waals surface area (Å²) >= 11 is 0. The SMILES string of the molecule is C#C[C@@H]1CN2CC[C@H]1C[C@H]2NC(=O)c1ccccc1NC. The van der Waals surface area contributed by atoms with E-state index in [2.05, 4.69) is 21.5 Å². The lowest BCUT2D eigenvalue weighted by Crippen LogP contribution is -2.59. The van der Waals surface area contributed by atoms with E-state index in [-0.39, 0.29) is 12.1 Å². The number of piperidine rings is 3. The fourth-order valence-electron chi connectivity index (χ4n) is 3.49. The third-order valence-electron chi connectivity index (χ3n) is 4.71. The van der Waals surface area contributed by atoms with Crippen molar-refractivity contribution in [1.29, 1.82) is 0 Å². The molecule has 0 radical (unpaired) electrons. The van der Waals surface area contributed by atoms with Gasteiger partial charge in [-0.3, -0.25) is 9.69 Å². The lowest BCUT2D eigenvalue weighted by atomic mass is 9.78. The van der Waals surface area contributed by atoms with Crippen LogP contribution in [0.1, 0.15) is 23.2 Å². The maximum Gasteiger partial charge on any atom is 0.254 e. The molecule has 3 aliphatic rings. The molecule has 4 heteroatoms. The van der Waals surface area contributed by atoms with Crippen molar-refractivity contribution in [3.63, 3.8) is 0 Å². The summed E-state index contributed by atoms with van der Waals surface area (Å²) in [6.45, 7) is 1.93. The lowest BCUT2D eigenvalue weighted by Gasteiger charge is -2.48. The highest BCUT2D eigenvalue weighted by Crippen LogP contribution is 2.35. The molecule has 21 heavy (non-hydrogen) atoms. The summed E-state index contributed by atoms with van der Waals surface area (Å²) < 4.78 is 0. The highest BCUT2D eigenvalue weighted by Gasteiger charge is 2.39. The number of rotatable bonds is 3. The standard InChI is InChI=1S/C17H21N3O/c1-3-12-11-20-9-8-13(12)10-16(20)19-17(21)14-6-4-5-7-15(14)18-2/h1,4-7,12-13,16,18H,8-11H2,2H3,(H,19,21)/t12-,13+,16+/m1/s1. The second-order valence-corrected chi connectivity index (χ2v) is 5.84. The first kappa shape index (κ1) is 14.0. The van der Waals surface area contributed by atoms with E-state index in [0.29, 0.717) is 17.4 Å². The fourth-order valence-corrected chi connectivity index (χ4v) is 3.49. The molecule has 0 aromatic heterocycles. The molecule has 2 bridgehead atoms.